The van der Waals surface area contributed by atoms with Gasteiger partial charge in [0.25, 0.3) is 5.91 Å². The topological polar surface area (TPSA) is 32.3 Å². The van der Waals surface area contributed by atoms with Crippen molar-refractivity contribution in [3.63, 3.8) is 0 Å². The maximum absolute atomic E-state index is 12.3. The third-order valence-electron chi connectivity index (χ3n) is 3.25. The normalized spacial score (nSPS) is 14.5. The van der Waals surface area contributed by atoms with Crippen LogP contribution in [0.1, 0.15) is 28.8 Å². The predicted octanol–water partition coefficient (Wildman–Crippen LogP) is 2.52. The van der Waals surface area contributed by atoms with Crippen LogP contribution in [0.3, 0.4) is 0 Å². The number of nitrogens with zero attached hydrogens (tertiary/aromatic N) is 1. The molecule has 0 saturated heterocycles. The lowest BCUT2D eigenvalue weighted by molar-refractivity contribution is 0.0789. The summed E-state index contributed by atoms with van der Waals surface area (Å²) in [6, 6.07) is 5.91. The molecule has 1 aromatic rings. The van der Waals surface area contributed by atoms with Gasteiger partial charge in [-0.2, -0.15) is 0 Å². The highest BCUT2D eigenvalue weighted by Gasteiger charge is 2.25. The van der Waals surface area contributed by atoms with E-state index in [-0.39, 0.29) is 5.91 Å². The van der Waals surface area contributed by atoms with Crippen LogP contribution in [0.2, 0.25) is 0 Å². The van der Waals surface area contributed by atoms with E-state index >= 15 is 0 Å². The molecule has 1 aliphatic carbocycles. The Hall–Kier alpha value is -1.51. The van der Waals surface area contributed by atoms with Crippen molar-refractivity contribution < 1.29 is 4.79 Å². The van der Waals surface area contributed by atoms with Gasteiger partial charge in [-0.25, -0.2) is 0 Å². The summed E-state index contributed by atoms with van der Waals surface area (Å²) in [4.78, 5) is 14.1. The van der Waals surface area contributed by atoms with Gasteiger partial charge in [-0.3, -0.25) is 4.79 Å². The maximum Gasteiger partial charge on any atom is 0.255 e. The first-order chi connectivity index (χ1) is 8.11. The average Bonchev–Trinajstić information content (AvgIpc) is 3.11. The Morgan fingerprint density at radius 3 is 2.76 bits per heavy atom. The van der Waals surface area contributed by atoms with Crippen molar-refractivity contribution in [3.8, 4) is 0 Å². The number of carbonyl (C=O) groups is 1. The van der Waals surface area contributed by atoms with Gasteiger partial charge in [0, 0.05) is 26.3 Å². The number of amides is 1. The Morgan fingerprint density at radius 2 is 2.18 bits per heavy atom. The molecule has 92 valence electrons. The van der Waals surface area contributed by atoms with Crippen LogP contribution in [0.25, 0.3) is 0 Å². The Labute approximate surface area is 103 Å². The van der Waals surface area contributed by atoms with Crippen LogP contribution in [0, 0.1) is 12.8 Å². The number of carbonyl (C=O) groups excluding carboxylic acids is 1. The molecular formula is C14H20N2O. The molecule has 17 heavy (non-hydrogen) atoms. The molecule has 1 fully saturated rings. The predicted molar refractivity (Wildman–Crippen MR) is 70.4 cm³/mol. The van der Waals surface area contributed by atoms with E-state index in [1.807, 2.05) is 44.1 Å². The van der Waals surface area contributed by atoms with Gasteiger partial charge in [-0.05, 0) is 43.4 Å². The zero-order valence-electron chi connectivity index (χ0n) is 10.8. The minimum absolute atomic E-state index is 0.112. The van der Waals surface area contributed by atoms with Gasteiger partial charge in [0.05, 0.1) is 5.56 Å². The smallest absolute Gasteiger partial charge is 0.255 e. The third kappa shape index (κ3) is 2.78. The fourth-order valence-corrected chi connectivity index (χ4v) is 2.03. The summed E-state index contributed by atoms with van der Waals surface area (Å²) >= 11 is 0. The highest BCUT2D eigenvalue weighted by Crippen LogP contribution is 2.30. The minimum atomic E-state index is 0.112. The molecule has 0 radical (unpaired) electrons. The molecule has 0 heterocycles. The lowest BCUT2D eigenvalue weighted by Crippen LogP contribution is -2.29. The van der Waals surface area contributed by atoms with Crippen LogP contribution in [0.5, 0.6) is 0 Å². The summed E-state index contributed by atoms with van der Waals surface area (Å²) in [5.74, 6) is 0.841. The quantitative estimate of drug-likeness (QED) is 0.865. The molecule has 1 saturated carbocycles. The molecule has 3 nitrogen and oxygen atoms in total. The molecule has 1 aliphatic rings. The lowest BCUT2D eigenvalue weighted by atomic mass is 10.1. The fourth-order valence-electron chi connectivity index (χ4n) is 2.03. The van der Waals surface area contributed by atoms with Gasteiger partial charge in [0.1, 0.15) is 0 Å². The second-order valence-corrected chi connectivity index (χ2v) is 4.93. The number of hydrogen-bond donors (Lipinski definition) is 1. The van der Waals surface area contributed by atoms with Gasteiger partial charge in [0.2, 0.25) is 0 Å². The van der Waals surface area contributed by atoms with Crippen LogP contribution >= 0.6 is 0 Å². The van der Waals surface area contributed by atoms with Crippen molar-refractivity contribution in [1.29, 1.82) is 0 Å². The van der Waals surface area contributed by atoms with E-state index in [0.29, 0.717) is 0 Å². The number of hydrogen-bond acceptors (Lipinski definition) is 2. The van der Waals surface area contributed by atoms with Crippen molar-refractivity contribution in [1.82, 2.24) is 4.90 Å². The Morgan fingerprint density at radius 1 is 1.47 bits per heavy atom. The number of nitrogens with one attached hydrogen (secondary N) is 1. The molecule has 0 spiro atoms. The van der Waals surface area contributed by atoms with Gasteiger partial charge >= 0.3 is 0 Å². The fraction of sp³-hybridized carbons (Fsp3) is 0.500. The number of aryl methyl sites for hydroxylation is 1. The number of anilines is 1. The summed E-state index contributed by atoms with van der Waals surface area (Å²) in [7, 11) is 3.74. The van der Waals surface area contributed by atoms with E-state index in [0.717, 1.165) is 29.3 Å². The molecule has 3 heteroatoms. The van der Waals surface area contributed by atoms with E-state index < -0.39 is 0 Å². The van der Waals surface area contributed by atoms with Crippen LogP contribution in [-0.4, -0.2) is 31.4 Å². The summed E-state index contributed by atoms with van der Waals surface area (Å²) in [5.41, 5.74) is 2.84. The summed E-state index contributed by atoms with van der Waals surface area (Å²) < 4.78 is 0. The first kappa shape index (κ1) is 12.0. The van der Waals surface area contributed by atoms with Crippen LogP contribution in [0.15, 0.2) is 18.2 Å². The van der Waals surface area contributed by atoms with E-state index in [9.17, 15) is 4.79 Å². The lowest BCUT2D eigenvalue weighted by Gasteiger charge is -2.19. The van der Waals surface area contributed by atoms with Crippen molar-refractivity contribution in [2.75, 3.05) is 26.0 Å². The highest BCUT2D eigenvalue weighted by molar-refractivity contribution is 5.99. The van der Waals surface area contributed by atoms with Crippen LogP contribution < -0.4 is 5.32 Å². The largest absolute Gasteiger partial charge is 0.387 e. The molecule has 0 aromatic heterocycles. The molecule has 0 bridgehead atoms. The molecule has 1 aromatic carbocycles. The third-order valence-corrected chi connectivity index (χ3v) is 3.25. The molecule has 2 rings (SSSR count). The summed E-state index contributed by atoms with van der Waals surface area (Å²) in [5, 5.41) is 3.09. The first-order valence-electron chi connectivity index (χ1n) is 6.15. The second-order valence-electron chi connectivity index (χ2n) is 4.93. The summed E-state index contributed by atoms with van der Waals surface area (Å²) in [6.07, 6.45) is 2.54. The van der Waals surface area contributed by atoms with Crippen molar-refractivity contribution in [2.45, 2.75) is 19.8 Å². The highest BCUT2D eigenvalue weighted by atomic mass is 16.2. The molecular weight excluding hydrogens is 212 g/mol. The Bertz CT molecular complexity index is 424. The summed E-state index contributed by atoms with van der Waals surface area (Å²) in [6.45, 7) is 2.92. The number of benzene rings is 1. The van der Waals surface area contributed by atoms with Crippen LogP contribution in [0.4, 0.5) is 5.69 Å². The monoisotopic (exact) mass is 232 g/mol. The van der Waals surface area contributed by atoms with Crippen molar-refractivity contribution in [3.05, 3.63) is 29.3 Å². The van der Waals surface area contributed by atoms with E-state index in [1.54, 1.807) is 0 Å². The van der Waals surface area contributed by atoms with Gasteiger partial charge < -0.3 is 10.2 Å². The number of rotatable bonds is 4. The van der Waals surface area contributed by atoms with Crippen molar-refractivity contribution >= 4 is 11.6 Å². The Kier molecular flexibility index (Phi) is 3.36. The zero-order valence-corrected chi connectivity index (χ0v) is 10.8. The standard InChI is InChI=1S/C14H20N2O/c1-10-4-7-12(13(8-10)15-2)14(17)16(3)9-11-5-6-11/h4,7-8,11,15H,5-6,9H2,1-3H3. The van der Waals surface area contributed by atoms with Gasteiger partial charge in [-0.15, -0.1) is 0 Å². The van der Waals surface area contributed by atoms with E-state index in [1.165, 1.54) is 12.8 Å². The molecule has 0 unspecified atom stereocenters. The average molecular weight is 232 g/mol. The second kappa shape index (κ2) is 4.78. The van der Waals surface area contributed by atoms with Crippen LogP contribution in [-0.2, 0) is 0 Å². The van der Waals surface area contributed by atoms with E-state index in [2.05, 4.69) is 5.32 Å². The minimum Gasteiger partial charge on any atom is -0.387 e. The van der Waals surface area contributed by atoms with Gasteiger partial charge in [0.15, 0.2) is 0 Å². The SMILES string of the molecule is CNc1cc(C)ccc1C(=O)N(C)CC1CC1. The molecule has 0 aliphatic heterocycles. The van der Waals surface area contributed by atoms with Crippen molar-refractivity contribution in [2.24, 2.45) is 5.92 Å². The van der Waals surface area contributed by atoms with E-state index in [4.69, 9.17) is 0 Å². The maximum atomic E-state index is 12.3. The molecule has 1 amide bonds. The molecule has 1 N–H and O–H groups in total. The molecule has 0 atom stereocenters. The first-order valence-corrected chi connectivity index (χ1v) is 6.15. The Balaban J connectivity index is 2.16. The van der Waals surface area contributed by atoms with Gasteiger partial charge in [-0.1, -0.05) is 6.07 Å². The zero-order chi connectivity index (χ0) is 12.4.